The lowest BCUT2D eigenvalue weighted by Gasteiger charge is -2.30. The van der Waals surface area contributed by atoms with Crippen LogP contribution in [0.5, 0.6) is 11.5 Å². The van der Waals surface area contributed by atoms with E-state index < -0.39 is 0 Å². The molecule has 1 aliphatic rings. The Balaban J connectivity index is 1.89. The summed E-state index contributed by atoms with van der Waals surface area (Å²) in [6.45, 7) is 0. The highest BCUT2D eigenvalue weighted by Crippen LogP contribution is 2.40. The summed E-state index contributed by atoms with van der Waals surface area (Å²) in [4.78, 5) is 0. The fraction of sp³-hybridized carbons (Fsp3) is 0.250. The zero-order valence-corrected chi connectivity index (χ0v) is 11.2. The Hall–Kier alpha value is -2.07. The number of ether oxygens (including phenoxy) is 2. The second-order valence-corrected chi connectivity index (χ2v) is 4.90. The summed E-state index contributed by atoms with van der Waals surface area (Å²) in [5, 5.41) is 0. The summed E-state index contributed by atoms with van der Waals surface area (Å²) in [5.74, 6) is 1.01. The number of halogens is 1. The number of fused-ring (bicyclic) bond motifs is 1. The topological polar surface area (TPSA) is 44.5 Å². The van der Waals surface area contributed by atoms with Gasteiger partial charge in [-0.2, -0.15) is 0 Å². The average Bonchev–Trinajstić information content (AvgIpc) is 2.46. The molecule has 3 nitrogen and oxygen atoms in total. The van der Waals surface area contributed by atoms with Crippen molar-refractivity contribution in [2.75, 3.05) is 7.11 Å². The first-order valence-corrected chi connectivity index (χ1v) is 6.53. The van der Waals surface area contributed by atoms with Gasteiger partial charge in [0, 0.05) is 24.1 Å². The van der Waals surface area contributed by atoms with Crippen LogP contribution in [-0.4, -0.2) is 7.11 Å². The third-order valence-corrected chi connectivity index (χ3v) is 3.60. The van der Waals surface area contributed by atoms with Gasteiger partial charge in [-0.25, -0.2) is 4.39 Å². The first kappa shape index (κ1) is 12.9. The molecule has 0 saturated carbocycles. The van der Waals surface area contributed by atoms with Crippen LogP contribution < -0.4 is 15.2 Å². The summed E-state index contributed by atoms with van der Waals surface area (Å²) >= 11 is 0. The Labute approximate surface area is 117 Å². The highest BCUT2D eigenvalue weighted by Gasteiger charge is 2.27. The van der Waals surface area contributed by atoms with Crippen molar-refractivity contribution in [3.8, 4) is 11.5 Å². The molecule has 2 aromatic carbocycles. The van der Waals surface area contributed by atoms with Crippen molar-refractivity contribution < 1.29 is 13.9 Å². The average molecular weight is 273 g/mol. The lowest BCUT2D eigenvalue weighted by Crippen LogP contribution is -2.24. The molecule has 0 amide bonds. The molecule has 0 spiro atoms. The quantitative estimate of drug-likeness (QED) is 0.912. The molecule has 104 valence electrons. The number of hydrogen-bond donors (Lipinski definition) is 1. The molecule has 2 atom stereocenters. The van der Waals surface area contributed by atoms with Gasteiger partial charge in [0.2, 0.25) is 0 Å². The smallest absolute Gasteiger partial charge is 0.127 e. The molecule has 0 aliphatic carbocycles. The summed E-state index contributed by atoms with van der Waals surface area (Å²) in [6, 6.07) is 12.0. The third-order valence-electron chi connectivity index (χ3n) is 3.60. The second-order valence-electron chi connectivity index (χ2n) is 4.90. The van der Waals surface area contributed by atoms with Gasteiger partial charge in [-0.15, -0.1) is 0 Å². The molecule has 0 aromatic heterocycles. The van der Waals surface area contributed by atoms with Gasteiger partial charge in [0.25, 0.3) is 0 Å². The second kappa shape index (κ2) is 5.13. The minimum Gasteiger partial charge on any atom is -0.497 e. The van der Waals surface area contributed by atoms with Crippen molar-refractivity contribution in [3.05, 3.63) is 59.4 Å². The van der Waals surface area contributed by atoms with Crippen LogP contribution in [0.4, 0.5) is 4.39 Å². The van der Waals surface area contributed by atoms with Crippen molar-refractivity contribution in [1.82, 2.24) is 0 Å². The Bertz CT molecular complexity index is 612. The van der Waals surface area contributed by atoms with E-state index in [2.05, 4.69) is 0 Å². The summed E-state index contributed by atoms with van der Waals surface area (Å²) < 4.78 is 24.3. The number of hydrogen-bond acceptors (Lipinski definition) is 3. The van der Waals surface area contributed by atoms with Gasteiger partial charge in [-0.3, -0.25) is 0 Å². The van der Waals surface area contributed by atoms with Crippen LogP contribution in [-0.2, 0) is 0 Å². The van der Waals surface area contributed by atoms with Crippen LogP contribution >= 0.6 is 0 Å². The number of benzene rings is 2. The van der Waals surface area contributed by atoms with Gasteiger partial charge in [-0.1, -0.05) is 18.2 Å². The normalized spacial score (nSPS) is 20.9. The first-order valence-electron chi connectivity index (χ1n) is 6.53. The van der Waals surface area contributed by atoms with E-state index in [9.17, 15) is 4.39 Å². The van der Waals surface area contributed by atoms with Crippen LogP contribution in [0.2, 0.25) is 0 Å². The molecule has 0 bridgehead atoms. The highest BCUT2D eigenvalue weighted by atomic mass is 19.1. The molecular weight excluding hydrogens is 257 g/mol. The maximum atomic E-state index is 13.3. The first-order chi connectivity index (χ1) is 9.67. The third kappa shape index (κ3) is 2.34. The zero-order valence-electron chi connectivity index (χ0n) is 11.2. The number of rotatable bonds is 2. The monoisotopic (exact) mass is 273 g/mol. The number of methoxy groups -OCH3 is 1. The summed E-state index contributed by atoms with van der Waals surface area (Å²) in [7, 11) is 1.63. The van der Waals surface area contributed by atoms with Crippen molar-refractivity contribution >= 4 is 0 Å². The Kier molecular flexibility index (Phi) is 3.32. The molecule has 2 aromatic rings. The molecule has 0 saturated heterocycles. The van der Waals surface area contributed by atoms with Crippen LogP contribution in [0.3, 0.4) is 0 Å². The zero-order chi connectivity index (χ0) is 14.1. The number of nitrogens with two attached hydrogens (primary N) is 1. The maximum absolute atomic E-state index is 13.3. The largest absolute Gasteiger partial charge is 0.497 e. The fourth-order valence-electron chi connectivity index (χ4n) is 2.50. The van der Waals surface area contributed by atoms with Crippen molar-refractivity contribution in [1.29, 1.82) is 0 Å². The predicted molar refractivity (Wildman–Crippen MR) is 74.3 cm³/mol. The predicted octanol–water partition coefficient (Wildman–Crippen LogP) is 3.36. The minimum atomic E-state index is -0.314. The molecule has 20 heavy (non-hydrogen) atoms. The van der Waals surface area contributed by atoms with Crippen molar-refractivity contribution in [2.45, 2.75) is 18.6 Å². The molecule has 0 fully saturated rings. The fourth-order valence-corrected chi connectivity index (χ4v) is 2.50. The van der Waals surface area contributed by atoms with E-state index in [0.29, 0.717) is 12.2 Å². The van der Waals surface area contributed by atoms with Gasteiger partial charge in [0.1, 0.15) is 23.4 Å². The van der Waals surface area contributed by atoms with Gasteiger partial charge in [0.05, 0.1) is 7.11 Å². The molecule has 0 radical (unpaired) electrons. The van der Waals surface area contributed by atoms with E-state index in [0.717, 1.165) is 16.9 Å². The Morgan fingerprint density at radius 1 is 1.20 bits per heavy atom. The van der Waals surface area contributed by atoms with Crippen LogP contribution in [0.25, 0.3) is 0 Å². The SMILES string of the molecule is COc1ccc(C2C[C@@H](N)c3ccc(F)cc3O2)cc1. The van der Waals surface area contributed by atoms with Gasteiger partial charge in [0.15, 0.2) is 0 Å². The van der Waals surface area contributed by atoms with Crippen molar-refractivity contribution in [3.63, 3.8) is 0 Å². The van der Waals surface area contributed by atoms with Gasteiger partial charge >= 0.3 is 0 Å². The highest BCUT2D eigenvalue weighted by molar-refractivity contribution is 5.40. The Morgan fingerprint density at radius 2 is 1.95 bits per heavy atom. The van der Waals surface area contributed by atoms with E-state index in [4.69, 9.17) is 15.2 Å². The van der Waals surface area contributed by atoms with Crippen molar-refractivity contribution in [2.24, 2.45) is 5.73 Å². The Morgan fingerprint density at radius 3 is 2.65 bits per heavy atom. The molecular formula is C16H16FNO2. The summed E-state index contributed by atoms with van der Waals surface area (Å²) in [5.41, 5.74) is 8.02. The lowest BCUT2D eigenvalue weighted by molar-refractivity contribution is 0.160. The molecule has 1 aliphatic heterocycles. The minimum absolute atomic E-state index is 0.147. The van der Waals surface area contributed by atoms with Gasteiger partial charge in [-0.05, 0) is 23.8 Å². The van der Waals surface area contributed by atoms with E-state index in [-0.39, 0.29) is 18.0 Å². The van der Waals surface area contributed by atoms with Crippen LogP contribution in [0.15, 0.2) is 42.5 Å². The molecule has 2 N–H and O–H groups in total. The van der Waals surface area contributed by atoms with E-state index in [1.165, 1.54) is 12.1 Å². The lowest BCUT2D eigenvalue weighted by atomic mass is 9.93. The summed E-state index contributed by atoms with van der Waals surface area (Å²) in [6.07, 6.45) is 0.510. The van der Waals surface area contributed by atoms with E-state index in [1.807, 2.05) is 24.3 Å². The van der Waals surface area contributed by atoms with Crippen LogP contribution in [0, 0.1) is 5.82 Å². The van der Waals surface area contributed by atoms with Gasteiger partial charge < -0.3 is 15.2 Å². The van der Waals surface area contributed by atoms with E-state index >= 15 is 0 Å². The molecule has 4 heteroatoms. The molecule has 1 heterocycles. The molecule has 3 rings (SSSR count). The standard InChI is InChI=1S/C16H16FNO2/c1-19-12-5-2-10(3-6-12)15-9-14(18)13-7-4-11(17)8-16(13)20-15/h2-8,14-15H,9,18H2,1H3/t14-,15?/m1/s1. The van der Waals surface area contributed by atoms with E-state index in [1.54, 1.807) is 13.2 Å². The maximum Gasteiger partial charge on any atom is 0.127 e. The van der Waals surface area contributed by atoms with Crippen LogP contribution in [0.1, 0.15) is 29.7 Å². The molecule has 1 unspecified atom stereocenters.